The van der Waals surface area contributed by atoms with E-state index in [2.05, 4.69) is 10.3 Å². The van der Waals surface area contributed by atoms with Crippen LogP contribution in [0.5, 0.6) is 5.75 Å². The number of rotatable bonds is 6. The van der Waals surface area contributed by atoms with Crippen molar-refractivity contribution in [1.29, 1.82) is 0 Å². The molecule has 1 N–H and O–H groups in total. The second-order valence-corrected chi connectivity index (χ2v) is 5.99. The molecule has 7 nitrogen and oxygen atoms in total. The highest BCUT2D eigenvalue weighted by Gasteiger charge is 2.10. The Morgan fingerprint density at radius 2 is 1.88 bits per heavy atom. The van der Waals surface area contributed by atoms with Crippen LogP contribution in [0.2, 0.25) is 0 Å². The van der Waals surface area contributed by atoms with Gasteiger partial charge in [-0.2, -0.15) is 0 Å². The molecule has 0 bridgehead atoms. The number of nitrogens with one attached hydrogen (secondary N) is 1. The number of nitro groups is 1. The third-order valence-electron chi connectivity index (χ3n) is 3.31. The van der Waals surface area contributed by atoms with Crippen LogP contribution in [0, 0.1) is 15.9 Å². The van der Waals surface area contributed by atoms with Gasteiger partial charge in [0.15, 0.2) is 11.7 Å². The molecule has 132 valence electrons. The van der Waals surface area contributed by atoms with Crippen molar-refractivity contribution in [2.24, 2.45) is 0 Å². The van der Waals surface area contributed by atoms with Crippen LogP contribution in [-0.2, 0) is 4.79 Å². The van der Waals surface area contributed by atoms with Gasteiger partial charge < -0.3 is 4.74 Å². The molecule has 0 aliphatic carbocycles. The minimum Gasteiger partial charge on any atom is -0.484 e. The summed E-state index contributed by atoms with van der Waals surface area (Å²) in [5, 5.41) is 15.3. The Kier molecular flexibility index (Phi) is 5.18. The number of halogens is 1. The zero-order valence-corrected chi connectivity index (χ0v) is 14.0. The fourth-order valence-corrected chi connectivity index (χ4v) is 2.79. The number of nitro benzene ring substituents is 1. The average Bonchev–Trinajstić information content (AvgIpc) is 3.09. The molecule has 1 aromatic heterocycles. The van der Waals surface area contributed by atoms with E-state index in [-0.39, 0.29) is 18.1 Å². The van der Waals surface area contributed by atoms with E-state index in [1.54, 1.807) is 17.5 Å². The molecule has 0 spiro atoms. The quantitative estimate of drug-likeness (QED) is 0.523. The lowest BCUT2D eigenvalue weighted by molar-refractivity contribution is -0.384. The Morgan fingerprint density at radius 1 is 1.19 bits per heavy atom. The topological polar surface area (TPSA) is 94.4 Å². The Morgan fingerprint density at radius 3 is 2.54 bits per heavy atom. The minimum absolute atomic E-state index is 0.0575. The molecule has 0 saturated heterocycles. The van der Waals surface area contributed by atoms with Crippen LogP contribution in [0.25, 0.3) is 11.3 Å². The lowest BCUT2D eigenvalue weighted by Gasteiger charge is -2.05. The fraction of sp³-hybridized carbons (Fsp3) is 0.0588. The fourth-order valence-electron chi connectivity index (χ4n) is 2.05. The van der Waals surface area contributed by atoms with Gasteiger partial charge in [0.25, 0.3) is 11.6 Å². The molecule has 26 heavy (non-hydrogen) atoms. The summed E-state index contributed by atoms with van der Waals surface area (Å²) in [5.74, 6) is -0.402. The number of carbonyl (C=O) groups is 1. The summed E-state index contributed by atoms with van der Waals surface area (Å²) >= 11 is 1.24. The zero-order valence-electron chi connectivity index (χ0n) is 13.2. The van der Waals surface area contributed by atoms with Crippen molar-refractivity contribution in [2.75, 3.05) is 11.9 Å². The normalized spacial score (nSPS) is 10.3. The van der Waals surface area contributed by atoms with Crippen LogP contribution in [0.1, 0.15) is 0 Å². The third-order valence-corrected chi connectivity index (χ3v) is 4.07. The molecular formula is C17H12FN3O4S. The third kappa shape index (κ3) is 4.39. The van der Waals surface area contributed by atoms with Gasteiger partial charge >= 0.3 is 0 Å². The minimum atomic E-state index is -0.516. The van der Waals surface area contributed by atoms with Gasteiger partial charge in [0.2, 0.25) is 0 Å². The first-order valence-electron chi connectivity index (χ1n) is 7.40. The van der Waals surface area contributed by atoms with Crippen LogP contribution in [-0.4, -0.2) is 22.4 Å². The maximum absolute atomic E-state index is 12.9. The molecular weight excluding hydrogens is 361 g/mol. The van der Waals surface area contributed by atoms with Gasteiger partial charge in [-0.25, -0.2) is 9.37 Å². The van der Waals surface area contributed by atoms with Gasteiger partial charge in [0, 0.05) is 23.1 Å². The highest BCUT2D eigenvalue weighted by atomic mass is 32.1. The Bertz CT molecular complexity index is 926. The average molecular weight is 373 g/mol. The van der Waals surface area contributed by atoms with E-state index in [1.807, 2.05) is 0 Å². The SMILES string of the molecule is O=C(COc1ccc([N+](=O)[O-])cc1)Nc1nc(-c2ccc(F)cc2)cs1. The van der Waals surface area contributed by atoms with E-state index in [1.165, 1.54) is 47.7 Å². The molecule has 0 fully saturated rings. The van der Waals surface area contributed by atoms with Gasteiger partial charge in [-0.3, -0.25) is 20.2 Å². The molecule has 2 aromatic carbocycles. The molecule has 0 saturated carbocycles. The van der Waals surface area contributed by atoms with E-state index in [4.69, 9.17) is 4.74 Å². The number of anilines is 1. The number of benzene rings is 2. The molecule has 3 aromatic rings. The Balaban J connectivity index is 1.55. The molecule has 9 heteroatoms. The number of hydrogen-bond acceptors (Lipinski definition) is 6. The van der Waals surface area contributed by atoms with Crippen LogP contribution in [0.4, 0.5) is 15.2 Å². The molecule has 0 radical (unpaired) electrons. The number of amides is 1. The zero-order chi connectivity index (χ0) is 18.5. The second-order valence-electron chi connectivity index (χ2n) is 5.13. The summed E-state index contributed by atoms with van der Waals surface area (Å²) in [6.07, 6.45) is 0. The van der Waals surface area contributed by atoms with E-state index in [9.17, 15) is 19.3 Å². The lowest BCUT2D eigenvalue weighted by atomic mass is 10.2. The standard InChI is InChI=1S/C17H12FN3O4S/c18-12-3-1-11(2-4-12)15-10-26-17(19-15)20-16(22)9-25-14-7-5-13(6-8-14)21(23)24/h1-8,10H,9H2,(H,19,20,22). The first-order valence-corrected chi connectivity index (χ1v) is 8.28. The molecule has 3 rings (SSSR count). The molecule has 0 aliphatic rings. The Hall–Kier alpha value is -3.33. The summed E-state index contributed by atoms with van der Waals surface area (Å²) < 4.78 is 18.2. The number of ether oxygens (including phenoxy) is 1. The molecule has 0 atom stereocenters. The number of hydrogen-bond donors (Lipinski definition) is 1. The maximum Gasteiger partial charge on any atom is 0.269 e. The molecule has 0 unspecified atom stereocenters. The summed E-state index contributed by atoms with van der Waals surface area (Å²) in [6.45, 7) is -0.261. The predicted molar refractivity (Wildman–Crippen MR) is 94.7 cm³/mol. The number of carbonyl (C=O) groups excluding carboxylic acids is 1. The monoisotopic (exact) mass is 373 g/mol. The van der Waals surface area contributed by atoms with Gasteiger partial charge in [-0.1, -0.05) is 0 Å². The predicted octanol–water partition coefficient (Wildman–Crippen LogP) is 3.87. The van der Waals surface area contributed by atoms with Crippen molar-refractivity contribution >= 4 is 28.1 Å². The number of thiazole rings is 1. The first-order chi connectivity index (χ1) is 12.5. The first kappa shape index (κ1) is 17.5. The van der Waals surface area contributed by atoms with Crippen LogP contribution >= 0.6 is 11.3 Å². The lowest BCUT2D eigenvalue weighted by Crippen LogP contribution is -2.20. The number of non-ortho nitro benzene ring substituents is 1. The van der Waals surface area contributed by atoms with Crippen molar-refractivity contribution in [3.63, 3.8) is 0 Å². The Labute approximate surface area is 151 Å². The van der Waals surface area contributed by atoms with Crippen molar-refractivity contribution in [2.45, 2.75) is 0 Å². The van der Waals surface area contributed by atoms with E-state index >= 15 is 0 Å². The van der Waals surface area contributed by atoms with Crippen LogP contribution < -0.4 is 10.1 Å². The summed E-state index contributed by atoms with van der Waals surface area (Å²) in [7, 11) is 0. The van der Waals surface area contributed by atoms with Gasteiger partial charge in [0.1, 0.15) is 11.6 Å². The van der Waals surface area contributed by atoms with Crippen molar-refractivity contribution in [1.82, 2.24) is 4.98 Å². The summed E-state index contributed by atoms with van der Waals surface area (Å²) in [5.41, 5.74) is 1.31. The van der Waals surface area contributed by atoms with Gasteiger partial charge in [0.05, 0.1) is 10.6 Å². The maximum atomic E-state index is 12.9. The van der Waals surface area contributed by atoms with E-state index < -0.39 is 10.8 Å². The van der Waals surface area contributed by atoms with Crippen molar-refractivity contribution in [3.8, 4) is 17.0 Å². The highest BCUT2D eigenvalue weighted by Crippen LogP contribution is 2.25. The van der Waals surface area contributed by atoms with Gasteiger partial charge in [-0.05, 0) is 36.4 Å². The van der Waals surface area contributed by atoms with E-state index in [0.29, 0.717) is 16.6 Å². The number of nitrogens with zero attached hydrogens (tertiary/aromatic N) is 2. The van der Waals surface area contributed by atoms with Crippen molar-refractivity contribution in [3.05, 3.63) is 69.8 Å². The van der Waals surface area contributed by atoms with Gasteiger partial charge in [-0.15, -0.1) is 11.3 Å². The van der Waals surface area contributed by atoms with E-state index in [0.717, 1.165) is 5.56 Å². The largest absolute Gasteiger partial charge is 0.484 e. The highest BCUT2D eigenvalue weighted by molar-refractivity contribution is 7.14. The van der Waals surface area contributed by atoms with Crippen molar-refractivity contribution < 1.29 is 18.8 Å². The summed E-state index contributed by atoms with van der Waals surface area (Å²) in [4.78, 5) is 26.3. The van der Waals surface area contributed by atoms with Crippen LogP contribution in [0.3, 0.4) is 0 Å². The van der Waals surface area contributed by atoms with Crippen LogP contribution in [0.15, 0.2) is 53.9 Å². The summed E-state index contributed by atoms with van der Waals surface area (Å²) in [6, 6.07) is 11.3. The number of aromatic nitrogens is 1. The molecule has 1 heterocycles. The smallest absolute Gasteiger partial charge is 0.269 e. The molecule has 0 aliphatic heterocycles. The second kappa shape index (κ2) is 7.70. The molecule has 1 amide bonds.